The number of rotatable bonds is 4. The highest BCUT2D eigenvalue weighted by Gasteiger charge is 2.08. The molecule has 0 aromatic heterocycles. The van der Waals surface area contributed by atoms with Crippen LogP contribution in [0.4, 0.5) is 0 Å². The molecule has 60 valence electrons. The minimum absolute atomic E-state index is 0.129. The molecule has 0 aliphatic heterocycles. The van der Waals surface area contributed by atoms with E-state index in [2.05, 4.69) is 13.0 Å². The first kappa shape index (κ1) is 9.70. The summed E-state index contributed by atoms with van der Waals surface area (Å²) >= 11 is 0. The van der Waals surface area contributed by atoms with E-state index in [4.69, 9.17) is 0 Å². The molecule has 2 unspecified atom stereocenters. The first-order chi connectivity index (χ1) is 4.72. The van der Waals surface area contributed by atoms with Crippen LogP contribution in [0.5, 0.6) is 0 Å². The van der Waals surface area contributed by atoms with Crippen molar-refractivity contribution in [1.29, 1.82) is 0 Å². The van der Waals surface area contributed by atoms with Gasteiger partial charge in [0, 0.05) is 0 Å². The molecule has 0 spiro atoms. The molecule has 0 radical (unpaired) electrons. The number of aliphatic hydroxyl groups is 1. The van der Waals surface area contributed by atoms with E-state index in [0.29, 0.717) is 5.92 Å². The molecule has 0 aromatic carbocycles. The lowest BCUT2D eigenvalue weighted by atomic mass is 9.99. The quantitative estimate of drug-likeness (QED) is 0.597. The van der Waals surface area contributed by atoms with E-state index in [-0.39, 0.29) is 6.10 Å². The van der Waals surface area contributed by atoms with Crippen molar-refractivity contribution in [3.05, 3.63) is 12.2 Å². The van der Waals surface area contributed by atoms with E-state index in [1.165, 1.54) is 0 Å². The summed E-state index contributed by atoms with van der Waals surface area (Å²) in [5, 5.41) is 9.32. The van der Waals surface area contributed by atoms with E-state index in [9.17, 15) is 5.11 Å². The van der Waals surface area contributed by atoms with Crippen molar-refractivity contribution < 1.29 is 5.11 Å². The largest absolute Gasteiger partial charge is 0.393 e. The Labute approximate surface area is 63.8 Å². The molecule has 10 heavy (non-hydrogen) atoms. The lowest BCUT2D eigenvalue weighted by molar-refractivity contribution is 0.114. The number of hydrogen-bond acceptors (Lipinski definition) is 1. The maximum atomic E-state index is 9.32. The van der Waals surface area contributed by atoms with Gasteiger partial charge in [0.2, 0.25) is 0 Å². The summed E-state index contributed by atoms with van der Waals surface area (Å²) in [6, 6.07) is 0. The van der Waals surface area contributed by atoms with Crippen LogP contribution in [-0.4, -0.2) is 11.2 Å². The van der Waals surface area contributed by atoms with Crippen molar-refractivity contribution in [3.8, 4) is 0 Å². The normalized spacial score (nSPS) is 17.6. The highest BCUT2D eigenvalue weighted by Crippen LogP contribution is 2.11. The molecule has 0 aromatic rings. The summed E-state index contributed by atoms with van der Waals surface area (Å²) in [6.45, 7) is 6.09. The zero-order valence-corrected chi connectivity index (χ0v) is 7.17. The average Bonchev–Trinajstić information content (AvgIpc) is 1.98. The van der Waals surface area contributed by atoms with Gasteiger partial charge >= 0.3 is 0 Å². The van der Waals surface area contributed by atoms with Gasteiger partial charge in [-0.15, -0.1) is 0 Å². The third-order valence-electron chi connectivity index (χ3n) is 1.82. The summed E-state index contributed by atoms with van der Waals surface area (Å²) in [7, 11) is 0. The topological polar surface area (TPSA) is 20.2 Å². The van der Waals surface area contributed by atoms with Gasteiger partial charge in [0.1, 0.15) is 0 Å². The third kappa shape index (κ3) is 3.67. The molecule has 0 fully saturated rings. The fourth-order valence-electron chi connectivity index (χ4n) is 0.910. The van der Waals surface area contributed by atoms with Crippen molar-refractivity contribution in [2.24, 2.45) is 5.92 Å². The third-order valence-corrected chi connectivity index (χ3v) is 1.82. The summed E-state index contributed by atoms with van der Waals surface area (Å²) in [6.07, 6.45) is 5.85. The van der Waals surface area contributed by atoms with Crippen LogP contribution >= 0.6 is 0 Å². The van der Waals surface area contributed by atoms with E-state index < -0.39 is 0 Å². The minimum atomic E-state index is -0.129. The van der Waals surface area contributed by atoms with Crippen LogP contribution in [0.1, 0.15) is 33.6 Å². The van der Waals surface area contributed by atoms with Crippen molar-refractivity contribution in [1.82, 2.24) is 0 Å². The minimum Gasteiger partial charge on any atom is -0.393 e. The molecule has 2 atom stereocenters. The predicted molar refractivity (Wildman–Crippen MR) is 44.9 cm³/mol. The van der Waals surface area contributed by atoms with E-state index in [0.717, 1.165) is 12.8 Å². The Morgan fingerprint density at radius 2 is 2.10 bits per heavy atom. The fourth-order valence-corrected chi connectivity index (χ4v) is 0.910. The van der Waals surface area contributed by atoms with Gasteiger partial charge in [-0.1, -0.05) is 26.0 Å². The second-order valence-electron chi connectivity index (χ2n) is 2.76. The molecule has 0 amide bonds. The Balaban J connectivity index is 3.50. The Kier molecular flexibility index (Phi) is 5.32. The van der Waals surface area contributed by atoms with E-state index in [1.807, 2.05) is 19.9 Å². The molecule has 1 N–H and O–H groups in total. The summed E-state index contributed by atoms with van der Waals surface area (Å²) in [4.78, 5) is 0. The second-order valence-corrected chi connectivity index (χ2v) is 2.76. The SMILES string of the molecule is CC=CCC(C)C(O)CC. The van der Waals surface area contributed by atoms with Gasteiger partial charge in [-0.25, -0.2) is 0 Å². The monoisotopic (exact) mass is 142 g/mol. The molecule has 0 bridgehead atoms. The lowest BCUT2D eigenvalue weighted by Gasteiger charge is -2.14. The molecule has 0 saturated carbocycles. The van der Waals surface area contributed by atoms with Crippen LogP contribution < -0.4 is 0 Å². The van der Waals surface area contributed by atoms with Crippen LogP contribution in [0.25, 0.3) is 0 Å². The summed E-state index contributed by atoms with van der Waals surface area (Å²) < 4.78 is 0. The van der Waals surface area contributed by atoms with Gasteiger partial charge in [0.15, 0.2) is 0 Å². The molecule has 0 rings (SSSR count). The number of aliphatic hydroxyl groups excluding tert-OH is 1. The van der Waals surface area contributed by atoms with Crippen molar-refractivity contribution in [3.63, 3.8) is 0 Å². The Hall–Kier alpha value is -0.300. The van der Waals surface area contributed by atoms with Crippen LogP contribution in [0, 0.1) is 5.92 Å². The highest BCUT2D eigenvalue weighted by molar-refractivity contribution is 4.80. The van der Waals surface area contributed by atoms with Crippen LogP contribution in [0.15, 0.2) is 12.2 Å². The molecule has 0 heterocycles. The molecular formula is C9H18O. The molecular weight excluding hydrogens is 124 g/mol. The molecule has 1 nitrogen and oxygen atoms in total. The van der Waals surface area contributed by atoms with Gasteiger partial charge in [-0.3, -0.25) is 0 Å². The maximum absolute atomic E-state index is 9.32. The summed E-state index contributed by atoms with van der Waals surface area (Å²) in [5.41, 5.74) is 0. The van der Waals surface area contributed by atoms with Gasteiger partial charge < -0.3 is 5.11 Å². The molecule has 1 heteroatoms. The van der Waals surface area contributed by atoms with Crippen LogP contribution in [-0.2, 0) is 0 Å². The first-order valence-corrected chi connectivity index (χ1v) is 4.01. The fraction of sp³-hybridized carbons (Fsp3) is 0.778. The maximum Gasteiger partial charge on any atom is 0.0566 e. The van der Waals surface area contributed by atoms with Crippen molar-refractivity contribution in [2.75, 3.05) is 0 Å². The van der Waals surface area contributed by atoms with Crippen LogP contribution in [0.2, 0.25) is 0 Å². The Bertz CT molecular complexity index is 96.9. The van der Waals surface area contributed by atoms with E-state index >= 15 is 0 Å². The second kappa shape index (κ2) is 5.48. The number of hydrogen-bond donors (Lipinski definition) is 1. The Morgan fingerprint density at radius 3 is 2.50 bits per heavy atom. The van der Waals surface area contributed by atoms with Gasteiger partial charge in [0.25, 0.3) is 0 Å². The number of allylic oxidation sites excluding steroid dienone is 2. The van der Waals surface area contributed by atoms with Crippen LogP contribution in [0.3, 0.4) is 0 Å². The average molecular weight is 142 g/mol. The lowest BCUT2D eigenvalue weighted by Crippen LogP contribution is -2.15. The van der Waals surface area contributed by atoms with Crippen molar-refractivity contribution in [2.45, 2.75) is 39.7 Å². The molecule has 0 aliphatic carbocycles. The zero-order chi connectivity index (χ0) is 7.98. The zero-order valence-electron chi connectivity index (χ0n) is 7.17. The smallest absolute Gasteiger partial charge is 0.0566 e. The standard InChI is InChI=1S/C9H18O/c1-4-6-7-8(3)9(10)5-2/h4,6,8-10H,5,7H2,1-3H3. The van der Waals surface area contributed by atoms with E-state index in [1.54, 1.807) is 0 Å². The Morgan fingerprint density at radius 1 is 1.50 bits per heavy atom. The molecule has 0 saturated heterocycles. The first-order valence-electron chi connectivity index (χ1n) is 4.01. The summed E-state index contributed by atoms with van der Waals surface area (Å²) in [5.74, 6) is 0.404. The van der Waals surface area contributed by atoms with Gasteiger partial charge in [0.05, 0.1) is 6.10 Å². The van der Waals surface area contributed by atoms with Gasteiger partial charge in [-0.05, 0) is 25.7 Å². The van der Waals surface area contributed by atoms with Crippen molar-refractivity contribution >= 4 is 0 Å². The molecule has 0 aliphatic rings. The van der Waals surface area contributed by atoms with Gasteiger partial charge in [-0.2, -0.15) is 0 Å². The predicted octanol–water partition coefficient (Wildman–Crippen LogP) is 2.36. The highest BCUT2D eigenvalue weighted by atomic mass is 16.3.